The number of methoxy groups -OCH3 is 2. The third kappa shape index (κ3) is 6.37. The predicted octanol–water partition coefficient (Wildman–Crippen LogP) is 7.40. The summed E-state index contributed by atoms with van der Waals surface area (Å²) in [6.45, 7) is 1.28. The maximum absolute atomic E-state index is 13.3. The lowest BCUT2D eigenvalue weighted by Gasteiger charge is -2.34. The van der Waals surface area contributed by atoms with E-state index in [0.717, 1.165) is 59.1 Å². The quantitative estimate of drug-likeness (QED) is 0.135. The number of anilines is 1. The van der Waals surface area contributed by atoms with Crippen LogP contribution in [0.4, 0.5) is 5.69 Å². The van der Waals surface area contributed by atoms with E-state index in [2.05, 4.69) is 17.0 Å². The van der Waals surface area contributed by atoms with Crippen LogP contribution in [-0.4, -0.2) is 68.4 Å². The van der Waals surface area contributed by atoms with Crippen LogP contribution in [0.3, 0.4) is 0 Å². The molecule has 0 aromatic heterocycles. The van der Waals surface area contributed by atoms with Gasteiger partial charge in [-0.05, 0) is 59.7 Å². The molecule has 276 valence electrons. The van der Waals surface area contributed by atoms with Crippen molar-refractivity contribution in [3.8, 4) is 28.4 Å². The van der Waals surface area contributed by atoms with Crippen molar-refractivity contribution in [2.24, 2.45) is 0 Å². The van der Waals surface area contributed by atoms with E-state index < -0.39 is 24.7 Å². The molecule has 1 saturated heterocycles. The number of carbonyl (C=O) groups is 2. The molecule has 1 saturated carbocycles. The molecule has 54 heavy (non-hydrogen) atoms. The Morgan fingerprint density at radius 1 is 0.833 bits per heavy atom. The summed E-state index contributed by atoms with van der Waals surface area (Å²) in [7, 11) is 3.18. The number of aliphatic hydroxyl groups excluding tert-OH is 2. The lowest BCUT2D eigenvalue weighted by atomic mass is 9.81. The smallest absolute Gasteiger partial charge is 0.181 e. The van der Waals surface area contributed by atoms with E-state index in [0.29, 0.717) is 45.3 Å². The van der Waals surface area contributed by atoms with Crippen molar-refractivity contribution in [1.82, 2.24) is 0 Å². The Hall–Kier alpha value is -5.64. The van der Waals surface area contributed by atoms with Crippen LogP contribution in [0.25, 0.3) is 27.5 Å². The number of benzene rings is 5. The van der Waals surface area contributed by atoms with Gasteiger partial charge in [0.15, 0.2) is 11.9 Å². The highest BCUT2D eigenvalue weighted by Gasteiger charge is 2.41. The maximum atomic E-state index is 13.3. The van der Waals surface area contributed by atoms with Crippen molar-refractivity contribution in [1.29, 1.82) is 0 Å². The van der Waals surface area contributed by atoms with Gasteiger partial charge in [0.25, 0.3) is 0 Å². The Labute approximate surface area is 314 Å². The van der Waals surface area contributed by atoms with Gasteiger partial charge in [0.1, 0.15) is 47.4 Å². The van der Waals surface area contributed by atoms with Gasteiger partial charge in [0.2, 0.25) is 0 Å². The number of aliphatic hydroxyl groups is 2. The molecule has 8 rings (SSSR count). The average molecular weight is 726 g/mol. The highest BCUT2D eigenvalue weighted by molar-refractivity contribution is 6.14. The Morgan fingerprint density at radius 3 is 2.22 bits per heavy atom. The fourth-order valence-electron chi connectivity index (χ4n) is 8.07. The fraction of sp³-hybridized carbons (Fsp3) is 0.289. The fourth-order valence-corrected chi connectivity index (χ4v) is 8.07. The third-order valence-electron chi connectivity index (χ3n) is 10.8. The van der Waals surface area contributed by atoms with Gasteiger partial charge in [-0.15, -0.1) is 0 Å². The summed E-state index contributed by atoms with van der Waals surface area (Å²) in [4.78, 5) is 29.0. The van der Waals surface area contributed by atoms with Crippen molar-refractivity contribution in [3.63, 3.8) is 0 Å². The molecule has 2 atom stereocenters. The minimum Gasteiger partial charge on any atom is -0.497 e. The molecule has 0 radical (unpaired) electrons. The van der Waals surface area contributed by atoms with Crippen molar-refractivity contribution in [2.75, 3.05) is 45.4 Å². The first-order valence-electron chi connectivity index (χ1n) is 18.5. The first-order chi connectivity index (χ1) is 26.4. The molecule has 5 aromatic carbocycles. The number of ether oxygens (including phenoxy) is 4. The summed E-state index contributed by atoms with van der Waals surface area (Å²) < 4.78 is 25.7. The van der Waals surface area contributed by atoms with Crippen LogP contribution < -0.4 is 19.1 Å². The molecule has 3 aliphatic rings. The van der Waals surface area contributed by atoms with E-state index in [-0.39, 0.29) is 31.0 Å². The van der Waals surface area contributed by atoms with E-state index in [4.69, 9.17) is 18.9 Å². The highest BCUT2D eigenvalue weighted by Crippen LogP contribution is 2.54. The zero-order valence-corrected chi connectivity index (χ0v) is 30.4. The summed E-state index contributed by atoms with van der Waals surface area (Å²) in [5, 5.41) is 22.3. The summed E-state index contributed by atoms with van der Waals surface area (Å²) in [6, 6.07) is 31.7. The lowest BCUT2D eigenvalue weighted by molar-refractivity contribution is -0.123. The molecule has 2 aliphatic heterocycles. The zero-order valence-electron chi connectivity index (χ0n) is 30.4. The van der Waals surface area contributed by atoms with E-state index in [1.807, 2.05) is 84.9 Å². The van der Waals surface area contributed by atoms with Crippen molar-refractivity contribution < 1.29 is 38.7 Å². The molecule has 9 heteroatoms. The first kappa shape index (κ1) is 35.4. The van der Waals surface area contributed by atoms with Gasteiger partial charge in [-0.3, -0.25) is 9.59 Å². The minimum absolute atomic E-state index is 0.144. The van der Waals surface area contributed by atoms with Gasteiger partial charge in [-0.2, -0.15) is 0 Å². The Bertz CT molecular complexity index is 2220. The number of fused-ring (bicyclic) bond motifs is 3. The van der Waals surface area contributed by atoms with Gasteiger partial charge in [0, 0.05) is 64.8 Å². The second-order valence-electron chi connectivity index (χ2n) is 14.0. The molecular formula is C45H43NO8. The monoisotopic (exact) mass is 725 g/mol. The number of Topliss-reactive ketones (excluding diaryl/α,β-unsaturated/α-hetero) is 2. The van der Waals surface area contributed by atoms with Crippen molar-refractivity contribution >= 4 is 33.6 Å². The van der Waals surface area contributed by atoms with E-state index in [1.165, 1.54) is 0 Å². The van der Waals surface area contributed by atoms with Crippen molar-refractivity contribution in [2.45, 2.75) is 43.8 Å². The van der Waals surface area contributed by atoms with Crippen LogP contribution in [-0.2, 0) is 14.3 Å². The Balaban J connectivity index is 1.46. The number of hydrogen-bond acceptors (Lipinski definition) is 9. The number of rotatable bonds is 11. The maximum Gasteiger partial charge on any atom is 0.181 e. The third-order valence-corrected chi connectivity index (χ3v) is 10.8. The number of hydrogen-bond donors (Lipinski definition) is 2. The Morgan fingerprint density at radius 2 is 1.54 bits per heavy atom. The van der Waals surface area contributed by atoms with Crippen LogP contribution in [0, 0.1) is 0 Å². The minimum atomic E-state index is -1.17. The molecule has 0 bridgehead atoms. The van der Waals surface area contributed by atoms with E-state index in [1.54, 1.807) is 14.2 Å². The average Bonchev–Trinajstić information content (AvgIpc) is 3.88. The number of carbonyl (C=O) groups excluding carboxylic acids is 2. The largest absolute Gasteiger partial charge is 0.497 e. The van der Waals surface area contributed by atoms with Gasteiger partial charge >= 0.3 is 0 Å². The molecule has 2 N–H and O–H groups in total. The summed E-state index contributed by atoms with van der Waals surface area (Å²) in [5.74, 6) is 0.772. The van der Waals surface area contributed by atoms with E-state index in [9.17, 15) is 19.8 Å². The molecule has 2 fully saturated rings. The second kappa shape index (κ2) is 15.0. The predicted molar refractivity (Wildman–Crippen MR) is 207 cm³/mol. The topological polar surface area (TPSA) is 115 Å². The van der Waals surface area contributed by atoms with Gasteiger partial charge < -0.3 is 34.1 Å². The van der Waals surface area contributed by atoms with Crippen LogP contribution in [0.1, 0.15) is 60.0 Å². The number of ketones is 2. The molecule has 2 unspecified atom stereocenters. The SMILES string of the molecule is COc1ccc2ccc3c(c2c1)OC(c1ccc(N2CCCC2)cc1)C(OCC(O)CO)=C3c1c(-c2ccccc2)ccc(C2C(=O)CCC2=O)c1OC. The second-order valence-corrected chi connectivity index (χ2v) is 14.0. The normalized spacial score (nSPS) is 17.9. The first-order valence-corrected chi connectivity index (χ1v) is 18.5. The molecule has 0 spiro atoms. The van der Waals surface area contributed by atoms with Gasteiger partial charge in [-0.1, -0.05) is 66.7 Å². The summed E-state index contributed by atoms with van der Waals surface area (Å²) >= 11 is 0. The molecular weight excluding hydrogens is 682 g/mol. The van der Waals surface area contributed by atoms with Crippen LogP contribution in [0.5, 0.6) is 17.2 Å². The standard InChI is InChI=1S/C45H43NO8/c1-51-32-16-12-28-13-17-35-41(40-33(27-8-4-3-5-9-27)18-19-34(44(40)52-2)39-37(49)20-21-38(39)50)45(53-26-31(48)25-47)42(54-43(35)36(28)24-32)29-10-14-30(15-11-29)46-22-6-7-23-46/h3-5,8-19,24,31,39,42,47-48H,6-7,20-23,25-26H2,1-2H3. The lowest BCUT2D eigenvalue weighted by Crippen LogP contribution is -2.26. The molecule has 2 heterocycles. The molecule has 1 aliphatic carbocycles. The van der Waals surface area contributed by atoms with Crippen LogP contribution >= 0.6 is 0 Å². The highest BCUT2D eigenvalue weighted by atomic mass is 16.5. The number of nitrogens with zero attached hydrogens (tertiary/aromatic N) is 1. The Kier molecular flexibility index (Phi) is 9.84. The zero-order chi connectivity index (χ0) is 37.3. The molecule has 5 aromatic rings. The van der Waals surface area contributed by atoms with Crippen molar-refractivity contribution in [3.05, 3.63) is 125 Å². The van der Waals surface area contributed by atoms with E-state index >= 15 is 0 Å². The molecule has 0 amide bonds. The summed E-state index contributed by atoms with van der Waals surface area (Å²) in [6.07, 6.45) is 0.683. The van der Waals surface area contributed by atoms with Gasteiger partial charge in [0.05, 0.1) is 20.8 Å². The van der Waals surface area contributed by atoms with Crippen LogP contribution in [0.2, 0.25) is 0 Å². The summed E-state index contributed by atoms with van der Waals surface area (Å²) in [5.41, 5.74) is 6.02. The molecule has 9 nitrogen and oxygen atoms in total. The van der Waals surface area contributed by atoms with Gasteiger partial charge in [-0.25, -0.2) is 0 Å². The van der Waals surface area contributed by atoms with Crippen LogP contribution in [0.15, 0.2) is 103 Å².